The lowest BCUT2D eigenvalue weighted by Gasteiger charge is -2.19. The summed E-state index contributed by atoms with van der Waals surface area (Å²) in [7, 11) is 0. The Balaban J connectivity index is 2.13. The topological polar surface area (TPSA) is 138 Å². The Morgan fingerprint density at radius 1 is 1.00 bits per heavy atom. The number of benzene rings is 1. The fourth-order valence-corrected chi connectivity index (χ4v) is 2.62. The Hall–Kier alpha value is -4.11. The molecule has 0 spiro atoms. The van der Waals surface area contributed by atoms with Gasteiger partial charge in [-0.05, 0) is 24.1 Å². The first kappa shape index (κ1) is 27.1. The van der Waals surface area contributed by atoms with Gasteiger partial charge in [-0.2, -0.15) is 26.3 Å². The number of rotatable bonds is 6. The van der Waals surface area contributed by atoms with Crippen molar-refractivity contribution in [3.63, 3.8) is 0 Å². The molecule has 1 heterocycles. The molecule has 1 aromatic carbocycles. The highest BCUT2D eigenvalue weighted by atomic mass is 19.4. The molecule has 0 bridgehead atoms. The molecule has 0 fully saturated rings. The molecule has 35 heavy (non-hydrogen) atoms. The van der Waals surface area contributed by atoms with Crippen LogP contribution >= 0.6 is 0 Å². The number of nitrogens with one attached hydrogen (secondary N) is 3. The number of halogens is 6. The van der Waals surface area contributed by atoms with Crippen molar-refractivity contribution in [3.05, 3.63) is 41.7 Å². The highest BCUT2D eigenvalue weighted by Gasteiger charge is 2.37. The van der Waals surface area contributed by atoms with Gasteiger partial charge in [0.15, 0.2) is 5.82 Å². The number of carboxylic acid groups (broad SMARTS) is 1. The SMILES string of the molecule is CC(C)C(NC(=O)O)C(=O)NNC(=O)C=Cn1cnc(-c2cc(C(F)(F)F)cc(C(F)(F)F)c2)n1. The van der Waals surface area contributed by atoms with Crippen LogP contribution in [-0.4, -0.2) is 43.8 Å². The summed E-state index contributed by atoms with van der Waals surface area (Å²) in [6.45, 7) is 3.12. The van der Waals surface area contributed by atoms with Crippen LogP contribution in [0.3, 0.4) is 0 Å². The molecule has 1 atom stereocenters. The zero-order valence-electron chi connectivity index (χ0n) is 17.9. The van der Waals surface area contributed by atoms with Crippen molar-refractivity contribution in [3.8, 4) is 11.4 Å². The molecule has 0 aliphatic rings. The molecular formula is C19H18F6N6O4. The number of amides is 3. The van der Waals surface area contributed by atoms with Gasteiger partial charge in [-0.1, -0.05) is 13.8 Å². The van der Waals surface area contributed by atoms with Gasteiger partial charge in [0.2, 0.25) is 0 Å². The lowest BCUT2D eigenvalue weighted by Crippen LogP contribution is -2.53. The van der Waals surface area contributed by atoms with E-state index < -0.39 is 64.7 Å². The summed E-state index contributed by atoms with van der Waals surface area (Å²) in [6, 6.07) is -0.285. The Morgan fingerprint density at radius 2 is 1.57 bits per heavy atom. The van der Waals surface area contributed by atoms with E-state index in [-0.39, 0.29) is 6.07 Å². The van der Waals surface area contributed by atoms with E-state index in [1.54, 1.807) is 13.8 Å². The number of aromatic nitrogens is 3. The lowest BCUT2D eigenvalue weighted by atomic mass is 10.0. The van der Waals surface area contributed by atoms with Crippen molar-refractivity contribution in [1.29, 1.82) is 0 Å². The summed E-state index contributed by atoms with van der Waals surface area (Å²) < 4.78 is 79.0. The monoisotopic (exact) mass is 508 g/mol. The number of hydrogen-bond acceptors (Lipinski definition) is 5. The summed E-state index contributed by atoms with van der Waals surface area (Å²) in [5.41, 5.74) is 0.347. The van der Waals surface area contributed by atoms with Gasteiger partial charge in [-0.25, -0.2) is 14.5 Å². The second kappa shape index (κ2) is 10.4. The summed E-state index contributed by atoms with van der Waals surface area (Å²) >= 11 is 0. The van der Waals surface area contributed by atoms with Gasteiger partial charge in [-0.15, -0.1) is 5.10 Å². The van der Waals surface area contributed by atoms with Crippen LogP contribution in [-0.2, 0) is 21.9 Å². The first-order valence-electron chi connectivity index (χ1n) is 9.56. The molecular weight excluding hydrogens is 490 g/mol. The highest BCUT2D eigenvalue weighted by molar-refractivity contribution is 5.93. The zero-order valence-corrected chi connectivity index (χ0v) is 17.9. The lowest BCUT2D eigenvalue weighted by molar-refractivity contribution is -0.143. The third-order valence-corrected chi connectivity index (χ3v) is 4.27. The van der Waals surface area contributed by atoms with Crippen molar-refractivity contribution in [2.24, 2.45) is 5.92 Å². The Morgan fingerprint density at radius 3 is 2.06 bits per heavy atom. The number of carbonyl (C=O) groups is 3. The molecule has 2 rings (SSSR count). The fourth-order valence-electron chi connectivity index (χ4n) is 2.62. The van der Waals surface area contributed by atoms with E-state index in [9.17, 15) is 40.7 Å². The number of hydrogen-bond donors (Lipinski definition) is 4. The minimum Gasteiger partial charge on any atom is -0.465 e. The predicted octanol–water partition coefficient (Wildman–Crippen LogP) is 2.89. The molecule has 3 amide bonds. The average Bonchev–Trinajstić information content (AvgIpc) is 3.21. The number of nitrogens with zero attached hydrogens (tertiary/aromatic N) is 3. The van der Waals surface area contributed by atoms with Gasteiger partial charge in [0.1, 0.15) is 12.4 Å². The van der Waals surface area contributed by atoms with Crippen LogP contribution in [0.5, 0.6) is 0 Å². The van der Waals surface area contributed by atoms with E-state index in [1.807, 2.05) is 16.2 Å². The van der Waals surface area contributed by atoms with Crippen LogP contribution in [0, 0.1) is 5.92 Å². The molecule has 10 nitrogen and oxygen atoms in total. The summed E-state index contributed by atoms with van der Waals surface area (Å²) in [5, 5.41) is 14.4. The zero-order chi connectivity index (χ0) is 26.6. The van der Waals surface area contributed by atoms with Gasteiger partial charge in [-0.3, -0.25) is 20.4 Å². The molecule has 1 aromatic heterocycles. The smallest absolute Gasteiger partial charge is 0.416 e. The average molecular weight is 508 g/mol. The molecule has 1 unspecified atom stereocenters. The first-order chi connectivity index (χ1) is 16.1. The molecule has 16 heteroatoms. The van der Waals surface area contributed by atoms with Gasteiger partial charge in [0.05, 0.1) is 11.1 Å². The minimum absolute atomic E-state index is 0.0329. The maximum atomic E-state index is 13.0. The van der Waals surface area contributed by atoms with Crippen LogP contribution in [0.4, 0.5) is 31.1 Å². The number of hydrazine groups is 1. The van der Waals surface area contributed by atoms with E-state index in [4.69, 9.17) is 5.11 Å². The molecule has 0 saturated carbocycles. The predicted molar refractivity (Wildman–Crippen MR) is 107 cm³/mol. The van der Waals surface area contributed by atoms with E-state index >= 15 is 0 Å². The molecule has 2 aromatic rings. The van der Waals surface area contributed by atoms with E-state index in [0.29, 0.717) is 12.1 Å². The molecule has 0 aliphatic carbocycles. The Kier molecular flexibility index (Phi) is 8.09. The van der Waals surface area contributed by atoms with Crippen molar-refractivity contribution in [2.45, 2.75) is 32.2 Å². The molecule has 0 saturated heterocycles. The van der Waals surface area contributed by atoms with E-state index in [1.165, 1.54) is 0 Å². The molecule has 190 valence electrons. The Bertz CT molecular complexity index is 1090. The molecule has 4 N–H and O–H groups in total. The second-order valence-electron chi connectivity index (χ2n) is 7.31. The van der Waals surface area contributed by atoms with E-state index in [0.717, 1.165) is 23.3 Å². The van der Waals surface area contributed by atoms with Crippen LogP contribution in [0.15, 0.2) is 30.6 Å². The largest absolute Gasteiger partial charge is 0.465 e. The highest BCUT2D eigenvalue weighted by Crippen LogP contribution is 2.38. The maximum Gasteiger partial charge on any atom is 0.416 e. The summed E-state index contributed by atoms with van der Waals surface area (Å²) in [5.74, 6) is -2.68. The van der Waals surface area contributed by atoms with Crippen LogP contribution in [0.25, 0.3) is 17.6 Å². The van der Waals surface area contributed by atoms with E-state index in [2.05, 4.69) is 10.1 Å². The normalized spacial score (nSPS) is 13.1. The number of carbonyl (C=O) groups excluding carboxylic acids is 2. The summed E-state index contributed by atoms with van der Waals surface area (Å²) in [6.07, 6.45) is -8.83. The molecule has 0 radical (unpaired) electrons. The summed E-state index contributed by atoms with van der Waals surface area (Å²) in [4.78, 5) is 38.2. The van der Waals surface area contributed by atoms with Gasteiger partial charge < -0.3 is 10.4 Å². The first-order valence-corrected chi connectivity index (χ1v) is 9.56. The standard InChI is InChI=1S/C19H18F6N6O4/c1-9(2)14(27-17(34)35)16(33)29-28-13(32)3-4-31-8-26-15(30-31)10-5-11(18(20,21)22)7-12(6-10)19(23,24)25/h3-9,14,27H,1-2H3,(H,28,32)(H,29,33)(H,34,35). The van der Waals surface area contributed by atoms with Crippen molar-refractivity contribution >= 4 is 24.1 Å². The minimum atomic E-state index is -5.05. The van der Waals surface area contributed by atoms with Crippen molar-refractivity contribution in [2.75, 3.05) is 0 Å². The van der Waals surface area contributed by atoms with Crippen LogP contribution < -0.4 is 16.2 Å². The third kappa shape index (κ3) is 7.72. The van der Waals surface area contributed by atoms with Crippen LogP contribution in [0.2, 0.25) is 0 Å². The van der Waals surface area contributed by atoms with Crippen molar-refractivity contribution < 1.29 is 45.8 Å². The maximum absolute atomic E-state index is 13.0. The molecule has 0 aliphatic heterocycles. The van der Waals surface area contributed by atoms with Gasteiger partial charge in [0, 0.05) is 17.8 Å². The third-order valence-electron chi connectivity index (χ3n) is 4.27. The fraction of sp³-hybridized carbons (Fsp3) is 0.316. The van der Waals surface area contributed by atoms with Gasteiger partial charge in [0.25, 0.3) is 11.8 Å². The number of alkyl halides is 6. The second-order valence-corrected chi connectivity index (χ2v) is 7.31. The van der Waals surface area contributed by atoms with Crippen molar-refractivity contribution in [1.82, 2.24) is 30.9 Å². The van der Waals surface area contributed by atoms with Crippen LogP contribution in [0.1, 0.15) is 25.0 Å². The quantitative estimate of drug-likeness (QED) is 0.269. The van der Waals surface area contributed by atoms with Gasteiger partial charge >= 0.3 is 18.4 Å². The Labute approximate surface area is 193 Å².